The third kappa shape index (κ3) is 1.59. The van der Waals surface area contributed by atoms with Gasteiger partial charge in [0.25, 0.3) is 0 Å². The molecule has 2 rings (SSSR count). The van der Waals surface area contributed by atoms with Crippen LogP contribution in [0.3, 0.4) is 0 Å². The molecular weight excluding hydrogens is 224 g/mol. The molecule has 1 heterocycles. The SMILES string of the molecule is Cc1n[nH]c(C)c1NC(=O)C1(C(N)=S)CC1. The lowest BCUT2D eigenvalue weighted by molar-refractivity contribution is -0.118. The second-order valence-corrected chi connectivity index (χ2v) is 4.65. The molecule has 16 heavy (non-hydrogen) atoms. The second-order valence-electron chi connectivity index (χ2n) is 4.21. The number of aromatic amines is 1. The monoisotopic (exact) mass is 238 g/mol. The van der Waals surface area contributed by atoms with Crippen molar-refractivity contribution in [2.75, 3.05) is 5.32 Å². The molecule has 0 aromatic carbocycles. The van der Waals surface area contributed by atoms with Crippen molar-refractivity contribution in [2.24, 2.45) is 11.1 Å². The Morgan fingerprint density at radius 2 is 2.19 bits per heavy atom. The number of nitrogens with zero attached hydrogens (tertiary/aromatic N) is 1. The topological polar surface area (TPSA) is 83.8 Å². The lowest BCUT2D eigenvalue weighted by atomic mass is 10.1. The van der Waals surface area contributed by atoms with E-state index >= 15 is 0 Å². The van der Waals surface area contributed by atoms with Crippen molar-refractivity contribution < 1.29 is 4.79 Å². The van der Waals surface area contributed by atoms with Gasteiger partial charge in [-0.3, -0.25) is 9.89 Å². The molecule has 0 atom stereocenters. The molecule has 0 aliphatic heterocycles. The van der Waals surface area contributed by atoms with Gasteiger partial charge in [-0.25, -0.2) is 0 Å². The number of anilines is 1. The van der Waals surface area contributed by atoms with Gasteiger partial charge in [-0.2, -0.15) is 5.10 Å². The Morgan fingerprint density at radius 1 is 1.56 bits per heavy atom. The number of hydrogen-bond acceptors (Lipinski definition) is 3. The molecule has 0 spiro atoms. The van der Waals surface area contributed by atoms with Crippen LogP contribution >= 0.6 is 12.2 Å². The molecule has 1 aliphatic carbocycles. The van der Waals surface area contributed by atoms with Crippen LogP contribution in [0, 0.1) is 19.3 Å². The van der Waals surface area contributed by atoms with E-state index in [1.165, 1.54) is 0 Å². The van der Waals surface area contributed by atoms with Crippen LogP contribution in [0.15, 0.2) is 0 Å². The Hall–Kier alpha value is -1.43. The second kappa shape index (κ2) is 3.55. The maximum absolute atomic E-state index is 12.0. The summed E-state index contributed by atoms with van der Waals surface area (Å²) in [5.74, 6) is -0.118. The third-order valence-electron chi connectivity index (χ3n) is 3.02. The number of nitrogens with one attached hydrogen (secondary N) is 2. The van der Waals surface area contributed by atoms with Crippen molar-refractivity contribution >= 4 is 28.8 Å². The van der Waals surface area contributed by atoms with Gasteiger partial charge in [0.15, 0.2) is 0 Å². The minimum Gasteiger partial charge on any atom is -0.392 e. The van der Waals surface area contributed by atoms with E-state index < -0.39 is 5.41 Å². The van der Waals surface area contributed by atoms with Gasteiger partial charge < -0.3 is 11.1 Å². The van der Waals surface area contributed by atoms with Gasteiger partial charge in [0.2, 0.25) is 5.91 Å². The van der Waals surface area contributed by atoms with E-state index in [4.69, 9.17) is 18.0 Å². The summed E-state index contributed by atoms with van der Waals surface area (Å²) in [5, 5.41) is 9.67. The van der Waals surface area contributed by atoms with Crippen LogP contribution in [0.25, 0.3) is 0 Å². The number of aromatic nitrogens is 2. The summed E-state index contributed by atoms with van der Waals surface area (Å²) in [5.41, 5.74) is 7.30. The number of rotatable bonds is 3. The predicted octanol–water partition coefficient (Wildman–Crippen LogP) is 1.03. The molecule has 4 N–H and O–H groups in total. The molecule has 1 aliphatic rings. The van der Waals surface area contributed by atoms with Crippen LogP contribution in [0.2, 0.25) is 0 Å². The first-order valence-corrected chi connectivity index (χ1v) is 5.51. The van der Waals surface area contributed by atoms with Crippen LogP contribution in [0.5, 0.6) is 0 Å². The fraction of sp³-hybridized carbons (Fsp3) is 0.500. The number of nitrogens with two attached hydrogens (primary N) is 1. The molecular formula is C10H14N4OS. The first-order valence-electron chi connectivity index (χ1n) is 5.10. The first kappa shape index (κ1) is 11.1. The zero-order chi connectivity index (χ0) is 11.9. The van der Waals surface area contributed by atoms with Gasteiger partial charge in [0.05, 0.1) is 27.5 Å². The Bertz CT molecular complexity index is 442. The smallest absolute Gasteiger partial charge is 0.237 e. The predicted molar refractivity (Wildman–Crippen MR) is 65.1 cm³/mol. The molecule has 6 heteroatoms. The average Bonchev–Trinajstić information content (AvgIpc) is 2.97. The van der Waals surface area contributed by atoms with Crippen LogP contribution in [-0.2, 0) is 4.79 Å². The van der Waals surface area contributed by atoms with Crippen LogP contribution in [0.4, 0.5) is 5.69 Å². The van der Waals surface area contributed by atoms with E-state index in [2.05, 4.69) is 15.5 Å². The summed E-state index contributed by atoms with van der Waals surface area (Å²) in [6.07, 6.45) is 1.48. The lowest BCUT2D eigenvalue weighted by Gasteiger charge is -2.13. The highest BCUT2D eigenvalue weighted by Gasteiger charge is 2.52. The highest BCUT2D eigenvalue weighted by atomic mass is 32.1. The lowest BCUT2D eigenvalue weighted by Crippen LogP contribution is -2.35. The Morgan fingerprint density at radius 3 is 2.56 bits per heavy atom. The summed E-state index contributed by atoms with van der Waals surface area (Å²) in [6.45, 7) is 3.69. The van der Waals surface area contributed by atoms with E-state index in [1.807, 2.05) is 13.8 Å². The van der Waals surface area contributed by atoms with Crippen LogP contribution < -0.4 is 11.1 Å². The minimum atomic E-state index is -0.620. The van der Waals surface area contributed by atoms with Gasteiger partial charge in [-0.1, -0.05) is 12.2 Å². The van der Waals surface area contributed by atoms with E-state index in [1.54, 1.807) is 0 Å². The minimum absolute atomic E-state index is 0.118. The molecule has 5 nitrogen and oxygen atoms in total. The molecule has 1 aromatic rings. The van der Waals surface area contributed by atoms with Crippen molar-refractivity contribution in [1.82, 2.24) is 10.2 Å². The molecule has 86 valence electrons. The summed E-state index contributed by atoms with van der Waals surface area (Å²) in [4.78, 5) is 12.3. The number of H-pyrrole nitrogens is 1. The summed E-state index contributed by atoms with van der Waals surface area (Å²) >= 11 is 4.93. The van der Waals surface area contributed by atoms with Crippen molar-refractivity contribution in [1.29, 1.82) is 0 Å². The van der Waals surface area contributed by atoms with Crippen LogP contribution in [-0.4, -0.2) is 21.1 Å². The highest BCUT2D eigenvalue weighted by molar-refractivity contribution is 7.80. The number of carbonyl (C=O) groups is 1. The molecule has 0 bridgehead atoms. The van der Waals surface area contributed by atoms with Crippen molar-refractivity contribution in [3.63, 3.8) is 0 Å². The molecule has 0 saturated heterocycles. The number of hydrogen-bond donors (Lipinski definition) is 3. The molecule has 1 saturated carbocycles. The van der Waals surface area contributed by atoms with Crippen molar-refractivity contribution in [2.45, 2.75) is 26.7 Å². The number of thiocarbonyl (C=S) groups is 1. The fourth-order valence-corrected chi connectivity index (χ4v) is 1.98. The maximum atomic E-state index is 12.0. The molecule has 1 amide bonds. The first-order chi connectivity index (χ1) is 7.47. The van der Waals surface area contributed by atoms with E-state index in [9.17, 15) is 4.79 Å². The normalized spacial score (nSPS) is 16.9. The van der Waals surface area contributed by atoms with Gasteiger partial charge in [0, 0.05) is 0 Å². The van der Waals surface area contributed by atoms with Crippen LogP contribution in [0.1, 0.15) is 24.2 Å². The number of carbonyl (C=O) groups excluding carboxylic acids is 1. The van der Waals surface area contributed by atoms with E-state index in [-0.39, 0.29) is 10.9 Å². The zero-order valence-corrected chi connectivity index (χ0v) is 10.1. The van der Waals surface area contributed by atoms with Gasteiger partial charge in [0.1, 0.15) is 0 Å². The van der Waals surface area contributed by atoms with Gasteiger partial charge in [-0.15, -0.1) is 0 Å². The van der Waals surface area contributed by atoms with Crippen molar-refractivity contribution in [3.8, 4) is 0 Å². The van der Waals surface area contributed by atoms with Gasteiger partial charge in [-0.05, 0) is 26.7 Å². The van der Waals surface area contributed by atoms with Crippen molar-refractivity contribution in [3.05, 3.63) is 11.4 Å². The molecule has 0 radical (unpaired) electrons. The fourth-order valence-electron chi connectivity index (χ4n) is 1.68. The highest BCUT2D eigenvalue weighted by Crippen LogP contribution is 2.47. The number of amides is 1. The summed E-state index contributed by atoms with van der Waals surface area (Å²) in [6, 6.07) is 0. The standard InChI is InChI=1S/C10H14N4OS/c1-5-7(6(2)14-13-5)12-9(15)10(3-4-10)8(11)16/h3-4H2,1-2H3,(H2,11,16)(H,12,15)(H,13,14). The quantitative estimate of drug-likeness (QED) is 0.687. The number of aryl methyl sites for hydroxylation is 2. The Kier molecular flexibility index (Phi) is 2.46. The maximum Gasteiger partial charge on any atom is 0.237 e. The van der Waals surface area contributed by atoms with E-state index in [0.29, 0.717) is 0 Å². The third-order valence-corrected chi connectivity index (χ3v) is 3.41. The van der Waals surface area contributed by atoms with E-state index in [0.717, 1.165) is 29.9 Å². The largest absolute Gasteiger partial charge is 0.392 e. The Balaban J connectivity index is 2.18. The molecule has 0 unspecified atom stereocenters. The zero-order valence-electron chi connectivity index (χ0n) is 9.26. The molecule has 1 aromatic heterocycles. The average molecular weight is 238 g/mol. The Labute approximate surface area is 98.8 Å². The van der Waals surface area contributed by atoms with Gasteiger partial charge >= 0.3 is 0 Å². The molecule has 1 fully saturated rings. The summed E-state index contributed by atoms with van der Waals surface area (Å²) in [7, 11) is 0. The summed E-state index contributed by atoms with van der Waals surface area (Å²) < 4.78 is 0.